The van der Waals surface area contributed by atoms with Gasteiger partial charge in [0.05, 0.1) is 4.90 Å². The van der Waals surface area contributed by atoms with Crippen LogP contribution in [-0.2, 0) is 10.1 Å². The molecule has 0 aliphatic carbocycles. The Kier molecular flexibility index (Phi) is 5.15. The highest BCUT2D eigenvalue weighted by molar-refractivity contribution is 9.13. The summed E-state index contributed by atoms with van der Waals surface area (Å²) in [6, 6.07) is 4.16. The highest BCUT2D eigenvalue weighted by Crippen LogP contribution is 2.25. The van der Waals surface area contributed by atoms with Gasteiger partial charge in [0.1, 0.15) is 0 Å². The van der Waals surface area contributed by atoms with Gasteiger partial charge in [-0.25, -0.2) is 0 Å². The number of benzene rings is 1. The Morgan fingerprint density at radius 2 is 1.69 bits per heavy atom. The van der Waals surface area contributed by atoms with Gasteiger partial charge in [0.25, 0.3) is 10.1 Å². The van der Waals surface area contributed by atoms with E-state index < -0.39 is 10.1 Å². The molecular weight excluding hydrogens is 339 g/mol. The molecule has 0 unspecified atom stereocenters. The lowest BCUT2D eigenvalue weighted by atomic mass is 10.4. The number of hydrogen-bond donors (Lipinski definition) is 1. The van der Waals surface area contributed by atoms with Gasteiger partial charge in [-0.3, -0.25) is 4.55 Å². The van der Waals surface area contributed by atoms with Gasteiger partial charge in [-0.15, -0.1) is 0 Å². The fourth-order valence-electron chi connectivity index (χ4n) is 0.637. The van der Waals surface area contributed by atoms with Crippen LogP contribution in [0.1, 0.15) is 0 Å². The Bertz CT molecular complexity index is 404. The molecule has 0 aliphatic heterocycles. The van der Waals surface area contributed by atoms with Crippen molar-refractivity contribution in [3.63, 3.8) is 0 Å². The van der Waals surface area contributed by atoms with E-state index in [2.05, 4.69) is 31.9 Å². The number of rotatable bonds is 1. The van der Waals surface area contributed by atoms with Gasteiger partial charge in [-0.2, -0.15) is 8.42 Å². The molecule has 3 nitrogen and oxygen atoms in total. The van der Waals surface area contributed by atoms with Crippen molar-refractivity contribution in [2.75, 3.05) is 0 Å². The van der Waals surface area contributed by atoms with Crippen LogP contribution in [0, 0.1) is 0 Å². The van der Waals surface area contributed by atoms with Gasteiger partial charge in [-0.05, 0) is 50.1 Å². The molecule has 0 atom stereocenters. The van der Waals surface area contributed by atoms with E-state index in [1.807, 2.05) is 0 Å². The van der Waals surface area contributed by atoms with Gasteiger partial charge in [0.2, 0.25) is 0 Å². The maximum atomic E-state index is 10.6. The maximum absolute atomic E-state index is 10.6. The van der Waals surface area contributed by atoms with Gasteiger partial charge >= 0.3 is 0 Å². The van der Waals surface area contributed by atoms with Crippen molar-refractivity contribution in [1.29, 1.82) is 0 Å². The van der Waals surface area contributed by atoms with Crippen LogP contribution in [0.2, 0.25) is 0 Å². The molecule has 0 saturated heterocycles. The molecule has 1 aromatic carbocycles. The predicted molar refractivity (Wildman–Crippen MR) is 61.6 cm³/mol. The molecule has 13 heavy (non-hydrogen) atoms. The standard InChI is InChI=1S/C6H4Br2O3S.Al.3H/c7-5-2-1-4(3-6(5)8)12(9,10)11;;;;/h1-3H,(H,9,10,11);;;;. The van der Waals surface area contributed by atoms with Crippen molar-refractivity contribution in [3.05, 3.63) is 27.1 Å². The molecule has 7 heteroatoms. The van der Waals surface area contributed by atoms with E-state index in [-0.39, 0.29) is 22.3 Å². The SMILES string of the molecule is O=S(=O)(O)c1ccc(Br)c(Br)c1.[AlH3]. The number of hydrogen-bond acceptors (Lipinski definition) is 2. The Morgan fingerprint density at radius 3 is 2.08 bits per heavy atom. The summed E-state index contributed by atoms with van der Waals surface area (Å²) in [5.41, 5.74) is 0. The molecule has 1 rings (SSSR count). The third-order valence-electron chi connectivity index (χ3n) is 1.19. The summed E-state index contributed by atoms with van der Waals surface area (Å²) < 4.78 is 31.2. The minimum atomic E-state index is -4.09. The fraction of sp³-hybridized carbons (Fsp3) is 0. The van der Waals surface area contributed by atoms with E-state index >= 15 is 0 Å². The van der Waals surface area contributed by atoms with E-state index in [4.69, 9.17) is 4.55 Å². The Hall–Kier alpha value is 0.622. The van der Waals surface area contributed by atoms with Crippen LogP contribution in [-0.4, -0.2) is 30.3 Å². The minimum Gasteiger partial charge on any atom is -0.282 e. The van der Waals surface area contributed by atoms with Crippen LogP contribution in [0.5, 0.6) is 0 Å². The van der Waals surface area contributed by atoms with Gasteiger partial charge < -0.3 is 0 Å². The van der Waals surface area contributed by atoms with E-state index in [1.54, 1.807) is 0 Å². The third-order valence-corrected chi connectivity index (χ3v) is 3.92. The van der Waals surface area contributed by atoms with Gasteiger partial charge in [0, 0.05) is 8.95 Å². The fourth-order valence-corrected chi connectivity index (χ4v) is 1.92. The minimum absolute atomic E-state index is 0. The first-order valence-electron chi connectivity index (χ1n) is 2.84. The first-order valence-corrected chi connectivity index (χ1v) is 5.86. The largest absolute Gasteiger partial charge is 0.294 e. The molecule has 0 saturated carbocycles. The van der Waals surface area contributed by atoms with Crippen LogP contribution in [0.25, 0.3) is 0 Å². The maximum Gasteiger partial charge on any atom is 0.294 e. The molecular formula is C6H7AlBr2O3S. The summed E-state index contributed by atoms with van der Waals surface area (Å²) in [6.45, 7) is 0. The normalized spacial score (nSPS) is 10.7. The van der Waals surface area contributed by atoms with Crippen LogP contribution in [0.3, 0.4) is 0 Å². The smallest absolute Gasteiger partial charge is 0.282 e. The summed E-state index contributed by atoms with van der Waals surface area (Å²) in [5.74, 6) is 0. The van der Waals surface area contributed by atoms with Crippen LogP contribution >= 0.6 is 31.9 Å². The second kappa shape index (κ2) is 4.92. The zero-order chi connectivity index (χ0) is 9.35. The average Bonchev–Trinajstić information content (AvgIpc) is 1.92. The van der Waals surface area contributed by atoms with Gasteiger partial charge in [-0.1, -0.05) is 0 Å². The van der Waals surface area contributed by atoms with E-state index in [0.29, 0.717) is 4.47 Å². The zero-order valence-electron chi connectivity index (χ0n) is 5.66. The quantitative estimate of drug-likeness (QED) is 0.616. The second-order valence-electron chi connectivity index (χ2n) is 2.05. The number of halogens is 2. The Labute approximate surface area is 104 Å². The van der Waals surface area contributed by atoms with Gasteiger partial charge in [0.15, 0.2) is 17.4 Å². The summed E-state index contributed by atoms with van der Waals surface area (Å²) in [7, 11) is -4.09. The first-order chi connectivity index (χ1) is 5.41. The zero-order valence-corrected chi connectivity index (χ0v) is 9.65. The summed E-state index contributed by atoms with van der Waals surface area (Å²) in [5, 5.41) is 0. The Balaban J connectivity index is 0.00000144. The molecule has 1 aromatic rings. The van der Waals surface area contributed by atoms with E-state index in [1.165, 1.54) is 18.2 Å². The molecule has 0 aromatic heterocycles. The third kappa shape index (κ3) is 3.70. The second-order valence-corrected chi connectivity index (χ2v) is 5.18. The lowest BCUT2D eigenvalue weighted by molar-refractivity contribution is 0.483. The summed E-state index contributed by atoms with van der Waals surface area (Å²) in [4.78, 5) is -0.127. The molecule has 0 radical (unpaired) electrons. The van der Waals surface area contributed by atoms with Crippen LogP contribution in [0.4, 0.5) is 0 Å². The van der Waals surface area contributed by atoms with Crippen molar-refractivity contribution in [2.45, 2.75) is 4.90 Å². The van der Waals surface area contributed by atoms with Crippen molar-refractivity contribution in [3.8, 4) is 0 Å². The van der Waals surface area contributed by atoms with E-state index in [9.17, 15) is 8.42 Å². The Morgan fingerprint density at radius 1 is 1.15 bits per heavy atom. The first kappa shape index (κ1) is 13.6. The van der Waals surface area contributed by atoms with Crippen molar-refractivity contribution in [1.82, 2.24) is 0 Å². The molecule has 1 N–H and O–H groups in total. The monoisotopic (exact) mass is 344 g/mol. The van der Waals surface area contributed by atoms with Crippen LogP contribution < -0.4 is 0 Å². The molecule has 0 heterocycles. The van der Waals surface area contributed by atoms with Crippen molar-refractivity contribution >= 4 is 59.3 Å². The highest BCUT2D eigenvalue weighted by atomic mass is 79.9. The summed E-state index contributed by atoms with van der Waals surface area (Å²) in [6.07, 6.45) is 0. The molecule has 0 aliphatic rings. The molecule has 0 bridgehead atoms. The topological polar surface area (TPSA) is 54.4 Å². The highest BCUT2D eigenvalue weighted by Gasteiger charge is 2.10. The molecule has 0 amide bonds. The van der Waals surface area contributed by atoms with Crippen molar-refractivity contribution < 1.29 is 13.0 Å². The van der Waals surface area contributed by atoms with Crippen molar-refractivity contribution in [2.24, 2.45) is 0 Å². The summed E-state index contributed by atoms with van der Waals surface area (Å²) >= 11 is 6.29. The van der Waals surface area contributed by atoms with E-state index in [0.717, 1.165) is 4.47 Å². The molecule has 0 spiro atoms. The molecule has 72 valence electrons. The average molecular weight is 346 g/mol. The molecule has 0 fully saturated rings. The predicted octanol–water partition coefficient (Wildman–Crippen LogP) is 1.27. The lowest BCUT2D eigenvalue weighted by Gasteiger charge is -1.98. The van der Waals surface area contributed by atoms with Crippen LogP contribution in [0.15, 0.2) is 32.0 Å². The lowest BCUT2D eigenvalue weighted by Crippen LogP contribution is -1.97.